The van der Waals surface area contributed by atoms with E-state index < -0.39 is 202 Å². The van der Waals surface area contributed by atoms with Crippen LogP contribution in [0.15, 0.2) is 11.6 Å². The second kappa shape index (κ2) is 14.6. The van der Waals surface area contributed by atoms with E-state index in [0.717, 1.165) is 0 Å². The van der Waals surface area contributed by atoms with Crippen molar-refractivity contribution in [3.63, 3.8) is 0 Å². The van der Waals surface area contributed by atoms with E-state index in [-0.39, 0.29) is 0 Å². The van der Waals surface area contributed by atoms with Gasteiger partial charge in [0.1, 0.15) is 11.6 Å². The molecule has 0 saturated heterocycles. The molecule has 6 rings (SSSR count). The Bertz CT molecular complexity index is 2620. The van der Waals surface area contributed by atoms with Crippen LogP contribution in [0, 0.1) is 145 Å². The zero-order valence-corrected chi connectivity index (χ0v) is 27.8. The summed E-state index contributed by atoms with van der Waals surface area (Å²) in [5.74, 6) is -103. The zero-order valence-electron chi connectivity index (χ0n) is 27.8. The Morgan fingerprint density at radius 3 is 0.613 bits per heavy atom. The molecule has 0 fully saturated rings. The number of hydrogen-bond acceptors (Lipinski definition) is 0. The molecule has 62 heavy (non-hydrogen) atoms. The summed E-state index contributed by atoms with van der Waals surface area (Å²) in [7, 11) is 0. The Kier molecular flexibility index (Phi) is 10.7. The fraction of sp³-hybridized carbons (Fsp3) is 0.0588. The highest BCUT2D eigenvalue weighted by Gasteiger charge is 2.78. The van der Waals surface area contributed by atoms with E-state index in [1.165, 1.54) is 0 Å². The van der Waals surface area contributed by atoms with Crippen molar-refractivity contribution in [2.75, 3.05) is 0 Å². The van der Waals surface area contributed by atoms with Crippen LogP contribution in [0.2, 0.25) is 0 Å². The Morgan fingerprint density at radius 1 is 0.210 bits per heavy atom. The molecule has 1 aliphatic heterocycles. The van der Waals surface area contributed by atoms with Crippen LogP contribution in [0.5, 0.6) is 0 Å². The van der Waals surface area contributed by atoms with E-state index in [4.69, 9.17) is 0 Å². The number of benzene rings is 5. The van der Waals surface area contributed by atoms with Gasteiger partial charge < -0.3 is 0 Å². The lowest BCUT2D eigenvalue weighted by molar-refractivity contribution is 0.267. The Morgan fingerprint density at radius 2 is 0.387 bits per heavy atom. The summed E-state index contributed by atoms with van der Waals surface area (Å²) < 4.78 is 421. The molecule has 0 N–H and O–H groups in total. The summed E-state index contributed by atoms with van der Waals surface area (Å²) >= 11 is 0. The van der Waals surface area contributed by atoms with Crippen molar-refractivity contribution in [3.8, 4) is 0 Å². The predicted molar refractivity (Wildman–Crippen MR) is 147 cm³/mol. The first-order chi connectivity index (χ1) is 28.6. The molecular weight excluding hydrogens is 932 g/mol. The summed E-state index contributed by atoms with van der Waals surface area (Å²) in [5, 5.41) is -6.97. The Labute approximate surface area is 321 Å². The third-order valence-electron chi connectivity index (χ3n) is 9.73. The lowest BCUT2D eigenvalue weighted by Crippen LogP contribution is -2.64. The number of halogens is 27. The van der Waals surface area contributed by atoms with Crippen LogP contribution in [0.1, 0.15) is 22.3 Å². The van der Waals surface area contributed by atoms with E-state index >= 15 is 87.8 Å². The van der Waals surface area contributed by atoms with Crippen LogP contribution >= 0.6 is 0 Å². The fourth-order valence-electron chi connectivity index (χ4n) is 7.40. The lowest BCUT2D eigenvalue weighted by atomic mass is 9.23. The minimum atomic E-state index is -6.99. The third-order valence-corrected chi connectivity index (χ3v) is 9.73. The van der Waals surface area contributed by atoms with Crippen molar-refractivity contribution < 1.29 is 119 Å². The molecule has 1 aliphatic rings. The van der Waals surface area contributed by atoms with Crippen molar-refractivity contribution >= 4 is 12.2 Å². The van der Waals surface area contributed by atoms with Crippen LogP contribution < -0.4 is 5.46 Å². The summed E-state index contributed by atoms with van der Waals surface area (Å²) in [6, 6.07) is 0. The second-order valence-electron chi connectivity index (χ2n) is 12.4. The van der Waals surface area contributed by atoms with Crippen molar-refractivity contribution in [3.05, 3.63) is 179 Å². The minimum absolute atomic E-state index is 3.53. The topological polar surface area (TPSA) is 0 Å². The largest absolute Gasteiger partial charge is 0.274 e. The third kappa shape index (κ3) is 5.19. The molecule has 28 heteroatoms. The number of allylic oxidation sites excluding steroid dienone is 1. The van der Waals surface area contributed by atoms with E-state index in [1.54, 1.807) is 0 Å². The molecule has 0 radical (unpaired) electrons. The smallest absolute Gasteiger partial charge is 0.220 e. The van der Waals surface area contributed by atoms with Crippen LogP contribution in [-0.2, 0) is 10.7 Å². The van der Waals surface area contributed by atoms with Gasteiger partial charge in [-0.15, -0.1) is 0 Å². The standard InChI is InChI=1S/C34BF27/c36-6-1(7(37)17(47)26(56)16(6)46)33(2-8(38)18(48)27(57)19(49)9(2)39)31(61)32(62)35(5-14(44)24(54)30(60)25(55)15(5)45)34(33,3-10(40)20(50)28(58)21(51)11(3)41)4-12(42)22(52)29(59)23(53)13(4)43. The second-order valence-corrected chi connectivity index (χ2v) is 12.4. The normalized spacial score (nSPS) is 14.9. The van der Waals surface area contributed by atoms with Crippen LogP contribution in [0.3, 0.4) is 0 Å². The van der Waals surface area contributed by atoms with Crippen LogP contribution in [-0.4, -0.2) is 6.71 Å². The molecule has 0 spiro atoms. The first-order valence-corrected chi connectivity index (χ1v) is 15.2. The molecule has 0 bridgehead atoms. The molecule has 5 aromatic carbocycles. The number of rotatable bonds is 5. The summed E-state index contributed by atoms with van der Waals surface area (Å²) in [5.41, 5.74) is -31.9. The SMILES string of the molecule is FC1=C(F)C(c2c(F)c(F)c(F)c(F)c2F)(c2c(F)c(F)c(F)c(F)c2F)C(c2c(F)c(F)c(F)c(F)c2F)(c2c(F)c(F)c(F)c(F)c2F)B1c1c(F)c(F)c(F)c(F)c1F. The van der Waals surface area contributed by atoms with Crippen molar-refractivity contribution in [2.24, 2.45) is 0 Å². The van der Waals surface area contributed by atoms with Gasteiger partial charge in [-0.1, -0.05) is 0 Å². The van der Waals surface area contributed by atoms with Gasteiger partial charge in [0.25, 0.3) is 6.71 Å². The summed E-state index contributed by atoms with van der Waals surface area (Å²) in [6.07, 6.45) is 0. The van der Waals surface area contributed by atoms with Crippen molar-refractivity contribution in [1.82, 2.24) is 0 Å². The lowest BCUT2D eigenvalue weighted by Gasteiger charge is -2.50. The van der Waals surface area contributed by atoms with E-state index in [0.29, 0.717) is 0 Å². The van der Waals surface area contributed by atoms with Gasteiger partial charge in [-0.05, 0) is 0 Å². The van der Waals surface area contributed by atoms with Gasteiger partial charge in [0.15, 0.2) is 122 Å². The molecule has 0 aromatic heterocycles. The molecule has 0 nitrogen and oxygen atoms in total. The molecule has 0 saturated carbocycles. The van der Waals surface area contributed by atoms with Crippen molar-refractivity contribution in [2.45, 2.75) is 10.7 Å². The highest BCUT2D eigenvalue weighted by Crippen LogP contribution is 2.68. The summed E-state index contributed by atoms with van der Waals surface area (Å²) in [6.45, 7) is -5.63. The van der Waals surface area contributed by atoms with Gasteiger partial charge >= 0.3 is 0 Å². The highest BCUT2D eigenvalue weighted by atomic mass is 19.2. The van der Waals surface area contributed by atoms with Crippen molar-refractivity contribution in [1.29, 1.82) is 0 Å². The van der Waals surface area contributed by atoms with Gasteiger partial charge in [-0.2, -0.15) is 0 Å². The average molecular weight is 932 g/mol. The van der Waals surface area contributed by atoms with Gasteiger partial charge in [-0.3, -0.25) is 0 Å². The van der Waals surface area contributed by atoms with Gasteiger partial charge in [0.2, 0.25) is 23.3 Å². The predicted octanol–water partition coefficient (Wildman–Crippen LogP) is 11.1. The Hall–Kier alpha value is -5.99. The molecule has 0 unspecified atom stereocenters. The maximum absolute atomic E-state index is 17.5. The van der Waals surface area contributed by atoms with E-state index in [2.05, 4.69) is 0 Å². The Balaban J connectivity index is 2.29. The first-order valence-electron chi connectivity index (χ1n) is 15.2. The molecular formula is C34BF27. The molecule has 1 heterocycles. The molecule has 5 aromatic rings. The van der Waals surface area contributed by atoms with Crippen LogP contribution in [0.4, 0.5) is 119 Å². The molecule has 0 aliphatic carbocycles. The maximum atomic E-state index is 17.5. The quantitative estimate of drug-likeness (QED) is 0.0713. The average Bonchev–Trinajstić information content (AvgIpc) is 3.41. The highest BCUT2D eigenvalue weighted by molar-refractivity contribution is 6.84. The van der Waals surface area contributed by atoms with Gasteiger partial charge in [-0.25, -0.2) is 119 Å². The zero-order chi connectivity index (χ0) is 47.1. The summed E-state index contributed by atoms with van der Waals surface area (Å²) in [4.78, 5) is 0. The monoisotopic (exact) mass is 932 g/mol. The van der Waals surface area contributed by atoms with Gasteiger partial charge in [0.05, 0.1) is 5.41 Å². The fourth-order valence-corrected chi connectivity index (χ4v) is 7.40. The molecule has 328 valence electrons. The van der Waals surface area contributed by atoms with E-state index in [1.807, 2.05) is 0 Å². The maximum Gasteiger partial charge on any atom is 0.274 e. The first kappa shape index (κ1) is 45.5. The minimum Gasteiger partial charge on any atom is -0.220 e. The molecule has 0 atom stereocenters. The van der Waals surface area contributed by atoms with Gasteiger partial charge in [0, 0.05) is 33.0 Å². The number of hydrogen-bond donors (Lipinski definition) is 0. The molecule has 0 amide bonds. The van der Waals surface area contributed by atoms with E-state index in [9.17, 15) is 30.7 Å². The van der Waals surface area contributed by atoms with Crippen LogP contribution in [0.25, 0.3) is 0 Å².